The first-order valence-corrected chi connectivity index (χ1v) is 8.41. The van der Waals surface area contributed by atoms with Gasteiger partial charge in [-0.05, 0) is 42.3 Å². The molecule has 2 atom stereocenters. The monoisotopic (exact) mass is 380 g/mol. The Labute approximate surface area is 155 Å². The first-order chi connectivity index (χ1) is 12.3. The fraction of sp³-hybridized carbons (Fsp3) is 0.263. The third kappa shape index (κ3) is 5.52. The molecule has 7 heteroatoms. The van der Waals surface area contributed by atoms with Crippen molar-refractivity contribution in [1.82, 2.24) is 10.6 Å². The van der Waals surface area contributed by atoms with Crippen molar-refractivity contribution in [1.29, 1.82) is 0 Å². The van der Waals surface area contributed by atoms with Gasteiger partial charge in [-0.1, -0.05) is 29.8 Å². The normalized spacial score (nSPS) is 13.0. The molecule has 0 aromatic heterocycles. The van der Waals surface area contributed by atoms with Crippen LogP contribution >= 0.6 is 11.6 Å². The molecule has 2 aromatic rings. The minimum Gasteiger partial charge on any atom is -0.350 e. The van der Waals surface area contributed by atoms with Gasteiger partial charge in [-0.2, -0.15) is 0 Å². The van der Waals surface area contributed by atoms with Gasteiger partial charge in [0.2, 0.25) is 11.8 Å². The number of hydrogen-bond donors (Lipinski definition) is 2. The van der Waals surface area contributed by atoms with Crippen molar-refractivity contribution >= 4 is 23.4 Å². The number of benzene rings is 2. The summed E-state index contributed by atoms with van der Waals surface area (Å²) >= 11 is 5.86. The zero-order valence-corrected chi connectivity index (χ0v) is 15.1. The van der Waals surface area contributed by atoms with Crippen LogP contribution in [0.4, 0.5) is 8.78 Å². The summed E-state index contributed by atoms with van der Waals surface area (Å²) in [5.41, 5.74) is 1.18. The molecule has 0 aliphatic heterocycles. The van der Waals surface area contributed by atoms with E-state index in [0.717, 1.165) is 17.7 Å². The predicted molar refractivity (Wildman–Crippen MR) is 95.5 cm³/mol. The SMILES string of the molecule is CC(=O)NC(CC(=O)NC(C)c1ccc(F)c(F)c1)c1ccc(Cl)cc1. The van der Waals surface area contributed by atoms with Crippen LogP contribution in [0.15, 0.2) is 42.5 Å². The van der Waals surface area contributed by atoms with Crippen LogP contribution in [0.1, 0.15) is 43.5 Å². The van der Waals surface area contributed by atoms with Crippen LogP contribution in [0.5, 0.6) is 0 Å². The van der Waals surface area contributed by atoms with E-state index in [4.69, 9.17) is 11.6 Å². The predicted octanol–water partition coefficient (Wildman–Crippen LogP) is 4.06. The van der Waals surface area contributed by atoms with Crippen molar-refractivity contribution in [3.8, 4) is 0 Å². The maximum Gasteiger partial charge on any atom is 0.222 e. The number of halogens is 3. The molecule has 2 rings (SSSR count). The maximum atomic E-state index is 13.3. The first-order valence-electron chi connectivity index (χ1n) is 8.03. The number of carbonyl (C=O) groups excluding carboxylic acids is 2. The Morgan fingerprint density at radius 1 is 1.00 bits per heavy atom. The van der Waals surface area contributed by atoms with Gasteiger partial charge in [0.1, 0.15) is 0 Å². The molecule has 0 aliphatic carbocycles. The maximum absolute atomic E-state index is 13.3. The Morgan fingerprint density at radius 2 is 1.62 bits per heavy atom. The van der Waals surface area contributed by atoms with Gasteiger partial charge < -0.3 is 10.6 Å². The van der Waals surface area contributed by atoms with Gasteiger partial charge in [-0.25, -0.2) is 8.78 Å². The summed E-state index contributed by atoms with van der Waals surface area (Å²) in [4.78, 5) is 23.8. The highest BCUT2D eigenvalue weighted by Crippen LogP contribution is 2.21. The average molecular weight is 381 g/mol. The molecule has 0 spiro atoms. The highest BCUT2D eigenvalue weighted by molar-refractivity contribution is 6.30. The standard InChI is InChI=1S/C19H19ClF2N2O2/c1-11(14-5-8-16(21)17(22)9-14)23-19(26)10-18(24-12(2)25)13-3-6-15(20)7-4-13/h3-9,11,18H,10H2,1-2H3,(H,23,26)(H,24,25). The second-order valence-corrected chi connectivity index (χ2v) is 6.41. The molecule has 138 valence electrons. The van der Waals surface area contributed by atoms with Crippen molar-refractivity contribution < 1.29 is 18.4 Å². The lowest BCUT2D eigenvalue weighted by molar-refractivity contribution is -0.123. The second kappa shape index (κ2) is 8.76. The van der Waals surface area contributed by atoms with E-state index in [1.54, 1.807) is 31.2 Å². The van der Waals surface area contributed by atoms with Gasteiger partial charge in [-0.3, -0.25) is 9.59 Å². The fourth-order valence-corrected chi connectivity index (χ4v) is 2.67. The Balaban J connectivity index is 2.07. The van der Waals surface area contributed by atoms with Crippen molar-refractivity contribution in [2.75, 3.05) is 0 Å². The summed E-state index contributed by atoms with van der Waals surface area (Å²) in [6.07, 6.45) is -0.00473. The topological polar surface area (TPSA) is 58.2 Å². The number of carbonyl (C=O) groups is 2. The Kier molecular flexibility index (Phi) is 6.69. The number of nitrogens with one attached hydrogen (secondary N) is 2. The van der Waals surface area contributed by atoms with Crippen LogP contribution in [0, 0.1) is 11.6 Å². The lowest BCUT2D eigenvalue weighted by Gasteiger charge is -2.20. The van der Waals surface area contributed by atoms with Crippen LogP contribution in [-0.2, 0) is 9.59 Å². The summed E-state index contributed by atoms with van der Waals surface area (Å²) < 4.78 is 26.4. The van der Waals surface area contributed by atoms with Crippen molar-refractivity contribution in [3.63, 3.8) is 0 Å². The quantitative estimate of drug-likeness (QED) is 0.793. The Hall–Kier alpha value is -2.47. The highest BCUT2D eigenvalue weighted by Gasteiger charge is 2.19. The van der Waals surface area contributed by atoms with Crippen LogP contribution < -0.4 is 10.6 Å². The van der Waals surface area contributed by atoms with E-state index in [1.807, 2.05) is 0 Å². The van der Waals surface area contributed by atoms with Crippen LogP contribution in [-0.4, -0.2) is 11.8 Å². The number of amides is 2. The molecule has 2 unspecified atom stereocenters. The Bertz CT molecular complexity index is 797. The third-order valence-corrected chi connectivity index (χ3v) is 4.11. The van der Waals surface area contributed by atoms with E-state index in [9.17, 15) is 18.4 Å². The molecule has 26 heavy (non-hydrogen) atoms. The molecule has 0 aliphatic rings. The molecular weight excluding hydrogens is 362 g/mol. The average Bonchev–Trinajstić information content (AvgIpc) is 2.57. The van der Waals surface area contributed by atoms with E-state index in [0.29, 0.717) is 10.6 Å². The molecule has 2 N–H and O–H groups in total. The van der Waals surface area contributed by atoms with Gasteiger partial charge in [0.25, 0.3) is 0 Å². The lowest BCUT2D eigenvalue weighted by Crippen LogP contribution is -2.33. The van der Waals surface area contributed by atoms with E-state index >= 15 is 0 Å². The first kappa shape index (κ1) is 19.8. The molecule has 0 heterocycles. The minimum absolute atomic E-state index is 0.00473. The Morgan fingerprint density at radius 3 is 2.19 bits per heavy atom. The summed E-state index contributed by atoms with van der Waals surface area (Å²) in [5.74, 6) is -2.52. The number of hydrogen-bond acceptors (Lipinski definition) is 2. The molecule has 2 amide bonds. The highest BCUT2D eigenvalue weighted by atomic mass is 35.5. The van der Waals surface area contributed by atoms with Gasteiger partial charge in [0.05, 0.1) is 18.5 Å². The van der Waals surface area contributed by atoms with Crippen molar-refractivity contribution in [3.05, 3.63) is 70.2 Å². The summed E-state index contributed by atoms with van der Waals surface area (Å²) in [7, 11) is 0. The van der Waals surface area contributed by atoms with Gasteiger partial charge >= 0.3 is 0 Å². The smallest absolute Gasteiger partial charge is 0.222 e. The van der Waals surface area contributed by atoms with E-state index in [1.165, 1.54) is 13.0 Å². The zero-order valence-electron chi connectivity index (χ0n) is 14.4. The van der Waals surface area contributed by atoms with Crippen LogP contribution in [0.25, 0.3) is 0 Å². The third-order valence-electron chi connectivity index (χ3n) is 3.86. The van der Waals surface area contributed by atoms with Gasteiger partial charge in [0, 0.05) is 11.9 Å². The van der Waals surface area contributed by atoms with E-state index in [-0.39, 0.29) is 18.2 Å². The van der Waals surface area contributed by atoms with Gasteiger partial charge in [-0.15, -0.1) is 0 Å². The van der Waals surface area contributed by atoms with E-state index in [2.05, 4.69) is 10.6 Å². The second-order valence-electron chi connectivity index (χ2n) is 5.97. The summed E-state index contributed by atoms with van der Waals surface area (Å²) in [5, 5.41) is 5.99. The van der Waals surface area contributed by atoms with Crippen molar-refractivity contribution in [2.45, 2.75) is 32.4 Å². The minimum atomic E-state index is -0.971. The number of rotatable bonds is 6. The van der Waals surface area contributed by atoms with E-state index < -0.39 is 23.7 Å². The molecule has 0 bridgehead atoms. The molecule has 0 saturated heterocycles. The summed E-state index contributed by atoms with van der Waals surface area (Å²) in [6.45, 7) is 3.03. The molecule has 0 fully saturated rings. The van der Waals surface area contributed by atoms with Crippen LogP contribution in [0.3, 0.4) is 0 Å². The lowest BCUT2D eigenvalue weighted by atomic mass is 10.0. The molecule has 4 nitrogen and oxygen atoms in total. The fourth-order valence-electron chi connectivity index (χ4n) is 2.54. The summed E-state index contributed by atoms with van der Waals surface area (Å²) in [6, 6.07) is 9.24. The van der Waals surface area contributed by atoms with Gasteiger partial charge in [0.15, 0.2) is 11.6 Å². The van der Waals surface area contributed by atoms with Crippen LogP contribution in [0.2, 0.25) is 5.02 Å². The molecule has 0 radical (unpaired) electrons. The largest absolute Gasteiger partial charge is 0.350 e. The molecule has 2 aromatic carbocycles. The molecular formula is C19H19ClF2N2O2. The zero-order chi connectivity index (χ0) is 19.3. The molecule has 0 saturated carbocycles. The van der Waals surface area contributed by atoms with Crippen molar-refractivity contribution in [2.24, 2.45) is 0 Å².